The molecule has 4 nitrogen and oxygen atoms in total. The molecule has 0 aromatic heterocycles. The van der Waals surface area contributed by atoms with Crippen LogP contribution in [0.15, 0.2) is 4.99 Å². The Morgan fingerprint density at radius 3 is 2.69 bits per heavy atom. The van der Waals surface area contributed by atoms with Gasteiger partial charge in [0.1, 0.15) is 0 Å². The molecule has 1 rings (SSSR count). The minimum Gasteiger partial charge on any atom is -0.355 e. The monoisotopic (exact) mass is 183 g/mol. The van der Waals surface area contributed by atoms with Crippen molar-refractivity contribution in [2.75, 3.05) is 13.1 Å². The zero-order chi connectivity index (χ0) is 9.84. The molecule has 0 amide bonds. The molecule has 0 fully saturated rings. The maximum Gasteiger partial charge on any atom is 0.191 e. The quantitative estimate of drug-likeness (QED) is 0.655. The molecule has 0 aromatic rings. The first-order valence-electron chi connectivity index (χ1n) is 4.66. The van der Waals surface area contributed by atoms with E-state index in [1.807, 2.05) is 13.8 Å². The number of carbonyl (C=O) groups is 1. The molecule has 1 aliphatic rings. The summed E-state index contributed by atoms with van der Waals surface area (Å²) in [5, 5.41) is 6.19. The van der Waals surface area contributed by atoms with Crippen LogP contribution in [0.2, 0.25) is 0 Å². The lowest BCUT2D eigenvalue weighted by molar-refractivity contribution is -0.119. The van der Waals surface area contributed by atoms with E-state index in [0.717, 1.165) is 19.0 Å². The third-order valence-corrected chi connectivity index (χ3v) is 2.07. The number of aliphatic imine (C=N–C) groups is 1. The third kappa shape index (κ3) is 2.72. The van der Waals surface area contributed by atoms with E-state index in [-0.39, 0.29) is 11.8 Å². The smallest absolute Gasteiger partial charge is 0.191 e. The van der Waals surface area contributed by atoms with Gasteiger partial charge in [-0.25, -0.2) is 0 Å². The number of nitrogens with zero attached hydrogens (tertiary/aromatic N) is 1. The number of Topliss-reactive ketones (excluding diaryl/α,β-unsaturated/α-hetero) is 1. The molecule has 1 atom stereocenters. The summed E-state index contributed by atoms with van der Waals surface area (Å²) in [5.41, 5.74) is 0. The van der Waals surface area contributed by atoms with Gasteiger partial charge in [0.25, 0.3) is 0 Å². The van der Waals surface area contributed by atoms with Crippen molar-refractivity contribution in [2.45, 2.75) is 26.8 Å². The molecule has 0 saturated heterocycles. The summed E-state index contributed by atoms with van der Waals surface area (Å²) in [6.45, 7) is 7.31. The first-order chi connectivity index (χ1) is 6.11. The first-order valence-corrected chi connectivity index (χ1v) is 4.66. The minimum atomic E-state index is -0.121. The van der Waals surface area contributed by atoms with Crippen LogP contribution in [0.4, 0.5) is 0 Å². The highest BCUT2D eigenvalue weighted by molar-refractivity contribution is 5.89. The van der Waals surface area contributed by atoms with E-state index in [1.165, 1.54) is 0 Å². The van der Waals surface area contributed by atoms with Crippen molar-refractivity contribution in [3.63, 3.8) is 0 Å². The van der Waals surface area contributed by atoms with E-state index in [2.05, 4.69) is 15.6 Å². The van der Waals surface area contributed by atoms with Crippen LogP contribution in [0.1, 0.15) is 20.8 Å². The summed E-state index contributed by atoms with van der Waals surface area (Å²) >= 11 is 0. The SMILES string of the molecule is CC(=O)[C@@H](NC1=NCCN1)C(C)C. The molecule has 2 N–H and O–H groups in total. The molecule has 1 heterocycles. The maximum atomic E-state index is 11.2. The van der Waals surface area contributed by atoms with Crippen LogP contribution in [0.25, 0.3) is 0 Å². The van der Waals surface area contributed by atoms with Crippen molar-refractivity contribution in [3.05, 3.63) is 0 Å². The van der Waals surface area contributed by atoms with Gasteiger partial charge in [-0.15, -0.1) is 0 Å². The van der Waals surface area contributed by atoms with E-state index in [9.17, 15) is 4.79 Å². The highest BCUT2D eigenvalue weighted by Crippen LogP contribution is 2.02. The lowest BCUT2D eigenvalue weighted by Gasteiger charge is -2.20. The molecule has 74 valence electrons. The normalized spacial score (nSPS) is 18.0. The van der Waals surface area contributed by atoms with Gasteiger partial charge < -0.3 is 10.6 Å². The summed E-state index contributed by atoms with van der Waals surface area (Å²) in [5.74, 6) is 1.21. The van der Waals surface area contributed by atoms with Crippen LogP contribution in [0.5, 0.6) is 0 Å². The van der Waals surface area contributed by atoms with Gasteiger partial charge in [-0.3, -0.25) is 9.79 Å². The van der Waals surface area contributed by atoms with Gasteiger partial charge in [0, 0.05) is 6.54 Å². The zero-order valence-corrected chi connectivity index (χ0v) is 8.42. The Morgan fingerprint density at radius 1 is 1.62 bits per heavy atom. The van der Waals surface area contributed by atoms with Crippen LogP contribution >= 0.6 is 0 Å². The van der Waals surface area contributed by atoms with Crippen molar-refractivity contribution in [3.8, 4) is 0 Å². The molecule has 0 aromatic carbocycles. The molecule has 0 spiro atoms. The molecular weight excluding hydrogens is 166 g/mol. The predicted molar refractivity (Wildman–Crippen MR) is 52.7 cm³/mol. The second-order valence-corrected chi connectivity index (χ2v) is 3.63. The highest BCUT2D eigenvalue weighted by Gasteiger charge is 2.20. The van der Waals surface area contributed by atoms with Gasteiger partial charge >= 0.3 is 0 Å². The number of guanidine groups is 1. The maximum absolute atomic E-state index is 11.2. The summed E-state index contributed by atoms with van der Waals surface area (Å²) in [6, 6.07) is -0.121. The highest BCUT2D eigenvalue weighted by atomic mass is 16.1. The van der Waals surface area contributed by atoms with Crippen LogP contribution < -0.4 is 10.6 Å². The molecule has 1 aliphatic heterocycles. The Hall–Kier alpha value is -1.06. The zero-order valence-electron chi connectivity index (χ0n) is 8.42. The summed E-state index contributed by atoms with van der Waals surface area (Å²) in [6.07, 6.45) is 0. The number of rotatable bonds is 3. The minimum absolute atomic E-state index is 0.121. The molecule has 0 aliphatic carbocycles. The van der Waals surface area contributed by atoms with Crippen LogP contribution in [0, 0.1) is 5.92 Å². The first kappa shape index (κ1) is 10.0. The van der Waals surface area contributed by atoms with E-state index in [4.69, 9.17) is 0 Å². The fourth-order valence-electron chi connectivity index (χ4n) is 1.38. The Morgan fingerprint density at radius 2 is 2.31 bits per heavy atom. The van der Waals surface area contributed by atoms with E-state index in [0.29, 0.717) is 5.92 Å². The van der Waals surface area contributed by atoms with Crippen LogP contribution in [-0.2, 0) is 4.79 Å². The summed E-state index contributed by atoms with van der Waals surface area (Å²) < 4.78 is 0. The van der Waals surface area contributed by atoms with Gasteiger partial charge in [-0.1, -0.05) is 13.8 Å². The average Bonchev–Trinajstić information content (AvgIpc) is 2.50. The second-order valence-electron chi connectivity index (χ2n) is 3.63. The van der Waals surface area contributed by atoms with E-state index >= 15 is 0 Å². The Labute approximate surface area is 78.8 Å². The summed E-state index contributed by atoms with van der Waals surface area (Å²) in [4.78, 5) is 15.4. The Kier molecular flexibility index (Phi) is 3.28. The van der Waals surface area contributed by atoms with Gasteiger partial charge in [0.2, 0.25) is 0 Å². The molecule has 0 bridgehead atoms. The topological polar surface area (TPSA) is 53.5 Å². The van der Waals surface area contributed by atoms with Crippen molar-refractivity contribution in [2.24, 2.45) is 10.9 Å². The fourth-order valence-corrected chi connectivity index (χ4v) is 1.38. The van der Waals surface area contributed by atoms with Gasteiger partial charge in [-0.05, 0) is 12.8 Å². The van der Waals surface area contributed by atoms with Gasteiger partial charge in [0.05, 0.1) is 12.6 Å². The Bertz CT molecular complexity index is 223. The van der Waals surface area contributed by atoms with Crippen molar-refractivity contribution in [1.82, 2.24) is 10.6 Å². The van der Waals surface area contributed by atoms with Crippen LogP contribution in [-0.4, -0.2) is 30.9 Å². The lowest BCUT2D eigenvalue weighted by atomic mass is 10.0. The molecular formula is C9H17N3O. The number of nitrogens with one attached hydrogen (secondary N) is 2. The second kappa shape index (κ2) is 4.25. The number of ketones is 1. The average molecular weight is 183 g/mol. The number of carbonyl (C=O) groups excluding carboxylic acids is 1. The lowest BCUT2D eigenvalue weighted by Crippen LogP contribution is -2.47. The molecule has 13 heavy (non-hydrogen) atoms. The molecule has 4 heteroatoms. The van der Waals surface area contributed by atoms with E-state index in [1.54, 1.807) is 6.92 Å². The molecule has 0 radical (unpaired) electrons. The van der Waals surface area contributed by atoms with E-state index < -0.39 is 0 Å². The van der Waals surface area contributed by atoms with Crippen LogP contribution in [0.3, 0.4) is 0 Å². The number of hydrogen-bond donors (Lipinski definition) is 2. The van der Waals surface area contributed by atoms with Crippen molar-refractivity contribution in [1.29, 1.82) is 0 Å². The predicted octanol–water partition coefficient (Wildman–Crippen LogP) is 0.149. The molecule has 0 saturated carbocycles. The van der Waals surface area contributed by atoms with Crippen molar-refractivity contribution < 1.29 is 4.79 Å². The van der Waals surface area contributed by atoms with Gasteiger partial charge in [-0.2, -0.15) is 0 Å². The Balaban J connectivity index is 2.51. The molecule has 0 unspecified atom stereocenters. The third-order valence-electron chi connectivity index (χ3n) is 2.07. The fraction of sp³-hybridized carbons (Fsp3) is 0.778. The standard InChI is InChI=1S/C9H17N3O/c1-6(2)8(7(3)13)12-9-10-4-5-11-9/h6,8H,4-5H2,1-3H3,(H2,10,11,12)/t8-/m0/s1. The summed E-state index contributed by atoms with van der Waals surface area (Å²) in [7, 11) is 0. The largest absolute Gasteiger partial charge is 0.355 e. The van der Waals surface area contributed by atoms with Crippen molar-refractivity contribution >= 4 is 11.7 Å². The van der Waals surface area contributed by atoms with Gasteiger partial charge in [0.15, 0.2) is 11.7 Å². The number of hydrogen-bond acceptors (Lipinski definition) is 4.